The number of furan rings is 1. The number of hydrogen-bond donors (Lipinski definition) is 0. The van der Waals surface area contributed by atoms with E-state index in [-0.39, 0.29) is 0 Å². The van der Waals surface area contributed by atoms with Gasteiger partial charge in [-0.15, -0.1) is 0 Å². The van der Waals surface area contributed by atoms with Crippen molar-refractivity contribution in [3.63, 3.8) is 0 Å². The van der Waals surface area contributed by atoms with Crippen LogP contribution in [-0.2, 0) is 0 Å². The van der Waals surface area contributed by atoms with Crippen molar-refractivity contribution in [1.29, 1.82) is 0 Å². The van der Waals surface area contributed by atoms with Crippen LogP contribution in [0.4, 0.5) is 0 Å². The molecule has 0 aliphatic heterocycles. The molecule has 0 unspecified atom stereocenters. The number of benzene rings is 8. The third-order valence-electron chi connectivity index (χ3n) is 9.75. The van der Waals surface area contributed by atoms with E-state index in [1.807, 2.05) is 24.3 Å². The summed E-state index contributed by atoms with van der Waals surface area (Å²) in [6.45, 7) is 0. The van der Waals surface area contributed by atoms with Crippen LogP contribution in [0.3, 0.4) is 0 Å². The smallest absolute Gasteiger partial charge is 0.164 e. The van der Waals surface area contributed by atoms with Crippen molar-refractivity contribution in [3.8, 4) is 56.4 Å². The van der Waals surface area contributed by atoms with Crippen molar-refractivity contribution in [2.24, 2.45) is 0 Å². The minimum absolute atomic E-state index is 0.612. The summed E-state index contributed by atoms with van der Waals surface area (Å²) in [5.74, 6) is 1.85. The van der Waals surface area contributed by atoms with Crippen molar-refractivity contribution in [2.75, 3.05) is 0 Å². The highest BCUT2D eigenvalue weighted by molar-refractivity contribution is 6.32. The van der Waals surface area contributed by atoms with Gasteiger partial charge in [0.25, 0.3) is 0 Å². The van der Waals surface area contributed by atoms with Crippen molar-refractivity contribution in [1.82, 2.24) is 15.0 Å². The van der Waals surface area contributed by atoms with E-state index in [1.54, 1.807) is 0 Å². The molecule has 0 aliphatic rings. The fraction of sp³-hybridized carbons (Fsp3) is 0. The summed E-state index contributed by atoms with van der Waals surface area (Å²) in [5, 5.41) is 6.59. The molecule has 0 bridgehead atoms. The lowest BCUT2D eigenvalue weighted by atomic mass is 9.93. The number of rotatable bonds is 5. The molecule has 2 heterocycles. The Morgan fingerprint density at radius 3 is 1.31 bits per heavy atom. The van der Waals surface area contributed by atoms with Crippen LogP contribution in [0.1, 0.15) is 0 Å². The van der Waals surface area contributed by atoms with Crippen LogP contribution in [-0.4, -0.2) is 15.0 Å². The maximum absolute atomic E-state index is 6.59. The first-order chi connectivity index (χ1) is 25.3. The lowest BCUT2D eigenvalue weighted by molar-refractivity contribution is 0.673. The molecule has 0 amide bonds. The zero-order valence-corrected chi connectivity index (χ0v) is 27.5. The van der Waals surface area contributed by atoms with Crippen LogP contribution in [0.25, 0.3) is 99.9 Å². The first-order valence-electron chi connectivity index (χ1n) is 17.1. The minimum atomic E-state index is 0.612. The van der Waals surface area contributed by atoms with Crippen molar-refractivity contribution in [3.05, 3.63) is 176 Å². The van der Waals surface area contributed by atoms with Gasteiger partial charge in [0.2, 0.25) is 0 Å². The van der Waals surface area contributed by atoms with Gasteiger partial charge < -0.3 is 4.42 Å². The molecule has 0 radical (unpaired) electrons. The van der Waals surface area contributed by atoms with Gasteiger partial charge in [-0.1, -0.05) is 170 Å². The van der Waals surface area contributed by atoms with E-state index in [4.69, 9.17) is 19.4 Å². The first-order valence-corrected chi connectivity index (χ1v) is 17.1. The molecule has 4 heteroatoms. The summed E-state index contributed by atoms with van der Waals surface area (Å²) >= 11 is 0. The van der Waals surface area contributed by atoms with E-state index in [0.717, 1.165) is 71.3 Å². The van der Waals surface area contributed by atoms with Crippen LogP contribution in [0.15, 0.2) is 180 Å². The highest BCUT2D eigenvalue weighted by Gasteiger charge is 2.20. The van der Waals surface area contributed by atoms with Crippen LogP contribution < -0.4 is 0 Å². The number of para-hydroxylation sites is 1. The molecule has 10 rings (SSSR count). The standard InChI is InChI=1S/C47H29N3O/c1-3-12-30(13-4-1)32-22-26-34(27-23-32)45-48-46(35-28-24-33(25-29-35)31-14-5-2-6-15-31)50-47(49-45)40-20-11-19-39-42(40)36-16-7-8-17-37(36)43-38-18-9-10-21-41(38)51-44(39)43/h1-29H. The van der Waals surface area contributed by atoms with Gasteiger partial charge in [0.1, 0.15) is 11.2 Å². The number of fused-ring (bicyclic) bond motifs is 8. The molecule has 0 aliphatic carbocycles. The number of hydrogen-bond acceptors (Lipinski definition) is 4. The maximum atomic E-state index is 6.59. The lowest BCUT2D eigenvalue weighted by Crippen LogP contribution is -2.01. The molecule has 51 heavy (non-hydrogen) atoms. The third kappa shape index (κ3) is 4.96. The van der Waals surface area contributed by atoms with E-state index < -0.39 is 0 Å². The normalized spacial score (nSPS) is 11.5. The molecule has 0 atom stereocenters. The zero-order chi connectivity index (χ0) is 33.7. The van der Waals surface area contributed by atoms with Gasteiger partial charge in [-0.2, -0.15) is 0 Å². The molecule has 8 aromatic carbocycles. The Hall–Kier alpha value is -6.91. The second-order valence-corrected chi connectivity index (χ2v) is 12.8. The van der Waals surface area contributed by atoms with Crippen LogP contribution in [0, 0.1) is 0 Å². The Morgan fingerprint density at radius 1 is 0.294 bits per heavy atom. The summed E-state index contributed by atoms with van der Waals surface area (Å²) in [4.78, 5) is 15.5. The number of aromatic nitrogens is 3. The van der Waals surface area contributed by atoms with Gasteiger partial charge in [0.05, 0.1) is 0 Å². The molecule has 0 saturated heterocycles. The fourth-order valence-corrected chi connectivity index (χ4v) is 7.28. The molecule has 10 aromatic rings. The summed E-state index contributed by atoms with van der Waals surface area (Å²) in [7, 11) is 0. The molecule has 0 saturated carbocycles. The average Bonchev–Trinajstić information content (AvgIpc) is 3.62. The summed E-state index contributed by atoms with van der Waals surface area (Å²) in [5.41, 5.74) is 9.13. The Morgan fingerprint density at radius 2 is 0.725 bits per heavy atom. The van der Waals surface area contributed by atoms with Gasteiger partial charge in [-0.3, -0.25) is 0 Å². The molecule has 0 fully saturated rings. The molecule has 2 aromatic heterocycles. The quantitative estimate of drug-likeness (QED) is 0.174. The molecule has 238 valence electrons. The Balaban J connectivity index is 1.20. The van der Waals surface area contributed by atoms with Crippen LogP contribution >= 0.6 is 0 Å². The number of nitrogens with zero attached hydrogens (tertiary/aromatic N) is 3. The van der Waals surface area contributed by atoms with E-state index in [2.05, 4.69) is 152 Å². The monoisotopic (exact) mass is 651 g/mol. The molecular formula is C47H29N3O. The van der Waals surface area contributed by atoms with Crippen molar-refractivity contribution < 1.29 is 4.42 Å². The topological polar surface area (TPSA) is 51.8 Å². The highest BCUT2D eigenvalue weighted by atomic mass is 16.3. The third-order valence-corrected chi connectivity index (χ3v) is 9.75. The predicted molar refractivity (Wildman–Crippen MR) is 209 cm³/mol. The van der Waals surface area contributed by atoms with E-state index in [1.165, 1.54) is 11.1 Å². The van der Waals surface area contributed by atoms with Gasteiger partial charge in [-0.25, -0.2) is 15.0 Å². The Labute approximate surface area is 294 Å². The van der Waals surface area contributed by atoms with Gasteiger partial charge >= 0.3 is 0 Å². The van der Waals surface area contributed by atoms with E-state index >= 15 is 0 Å². The van der Waals surface area contributed by atoms with Crippen LogP contribution in [0.2, 0.25) is 0 Å². The van der Waals surface area contributed by atoms with Gasteiger partial charge in [-0.05, 0) is 39.1 Å². The fourth-order valence-electron chi connectivity index (χ4n) is 7.28. The van der Waals surface area contributed by atoms with Crippen molar-refractivity contribution in [2.45, 2.75) is 0 Å². The van der Waals surface area contributed by atoms with Gasteiger partial charge in [0, 0.05) is 38.2 Å². The lowest BCUT2D eigenvalue weighted by Gasteiger charge is -2.13. The molecule has 4 nitrogen and oxygen atoms in total. The largest absolute Gasteiger partial charge is 0.455 e. The Kier molecular flexibility index (Phi) is 6.78. The highest BCUT2D eigenvalue weighted by Crippen LogP contribution is 2.43. The average molecular weight is 652 g/mol. The molecular weight excluding hydrogens is 623 g/mol. The summed E-state index contributed by atoms with van der Waals surface area (Å²) in [6, 6.07) is 60.9. The second-order valence-electron chi connectivity index (χ2n) is 12.8. The maximum Gasteiger partial charge on any atom is 0.164 e. The second kappa shape index (κ2) is 11.9. The first kappa shape index (κ1) is 29.0. The van der Waals surface area contributed by atoms with Gasteiger partial charge in [0.15, 0.2) is 17.5 Å². The predicted octanol–water partition coefficient (Wildman–Crippen LogP) is 12.4. The SMILES string of the molecule is c1ccc(-c2ccc(-c3nc(-c4ccc(-c5ccccc5)cc4)nc(-c4cccc5c6oc7ccccc7c6c6ccccc6c45)n3)cc2)cc1. The minimum Gasteiger partial charge on any atom is -0.455 e. The molecule has 0 N–H and O–H groups in total. The molecule has 0 spiro atoms. The Bertz CT molecular complexity index is 2780. The van der Waals surface area contributed by atoms with Crippen molar-refractivity contribution >= 4 is 43.5 Å². The summed E-state index contributed by atoms with van der Waals surface area (Å²) in [6.07, 6.45) is 0. The van der Waals surface area contributed by atoms with Crippen LogP contribution in [0.5, 0.6) is 0 Å². The summed E-state index contributed by atoms with van der Waals surface area (Å²) < 4.78 is 6.59. The van der Waals surface area contributed by atoms with E-state index in [9.17, 15) is 0 Å². The zero-order valence-electron chi connectivity index (χ0n) is 27.5. The van der Waals surface area contributed by atoms with E-state index in [0.29, 0.717) is 17.5 Å².